The van der Waals surface area contributed by atoms with Crippen molar-refractivity contribution in [3.05, 3.63) is 59.7 Å². The number of phenolic OH excluding ortho intramolecular Hbond substituents is 1. The summed E-state index contributed by atoms with van der Waals surface area (Å²) >= 11 is 0. The predicted octanol–water partition coefficient (Wildman–Crippen LogP) is 4.31. The van der Waals surface area contributed by atoms with Gasteiger partial charge < -0.3 is 14.7 Å². The van der Waals surface area contributed by atoms with Crippen LogP contribution in [0.25, 0.3) is 0 Å². The second kappa shape index (κ2) is 7.27. The molecule has 7 heteroatoms. The van der Waals surface area contributed by atoms with Gasteiger partial charge in [-0.25, -0.2) is 0 Å². The average Bonchev–Trinajstić information content (AvgIpc) is 2.61. The van der Waals surface area contributed by atoms with Crippen molar-refractivity contribution in [2.24, 2.45) is 0 Å². The van der Waals surface area contributed by atoms with Crippen LogP contribution < -0.4 is 4.74 Å². The Hall–Kier alpha value is -2.70. The van der Waals surface area contributed by atoms with Crippen LogP contribution in [0.15, 0.2) is 48.5 Å². The smallest absolute Gasteiger partial charge is 0.508 e. The van der Waals surface area contributed by atoms with Crippen molar-refractivity contribution in [1.29, 1.82) is 0 Å². The third-order valence-electron chi connectivity index (χ3n) is 4.48. The first kappa shape index (κ1) is 18.1. The van der Waals surface area contributed by atoms with E-state index in [0.717, 1.165) is 30.5 Å². The lowest BCUT2D eigenvalue weighted by Gasteiger charge is -2.32. The Morgan fingerprint density at radius 1 is 1.00 bits per heavy atom. The maximum atomic E-state index is 12.5. The number of carbonyl (C=O) groups excluding carboxylic acids is 1. The average molecular weight is 365 g/mol. The third-order valence-corrected chi connectivity index (χ3v) is 4.48. The standard InChI is InChI=1S/C19H18F3NO3/c20-19(21,22)26-17-7-3-15(4-8-17)18(25)23-11-9-14(10-12-23)13-1-5-16(24)6-2-13/h1-8,14,24H,9-12H2. The van der Waals surface area contributed by atoms with Crippen molar-refractivity contribution in [3.63, 3.8) is 0 Å². The van der Waals surface area contributed by atoms with Gasteiger partial charge in [0.15, 0.2) is 0 Å². The first-order valence-corrected chi connectivity index (χ1v) is 8.26. The molecule has 0 saturated carbocycles. The van der Waals surface area contributed by atoms with E-state index in [2.05, 4.69) is 4.74 Å². The number of piperidine rings is 1. The maximum absolute atomic E-state index is 12.5. The Labute approximate surface area is 148 Å². The van der Waals surface area contributed by atoms with Crippen LogP contribution in [0.5, 0.6) is 11.5 Å². The molecule has 1 aliphatic heterocycles. The van der Waals surface area contributed by atoms with Crippen LogP contribution in [0.3, 0.4) is 0 Å². The number of likely N-dealkylation sites (tertiary alicyclic amines) is 1. The monoisotopic (exact) mass is 365 g/mol. The zero-order valence-electron chi connectivity index (χ0n) is 13.9. The first-order chi connectivity index (χ1) is 12.3. The number of alkyl halides is 3. The maximum Gasteiger partial charge on any atom is 0.573 e. The summed E-state index contributed by atoms with van der Waals surface area (Å²) in [7, 11) is 0. The van der Waals surface area contributed by atoms with Crippen molar-refractivity contribution >= 4 is 5.91 Å². The summed E-state index contributed by atoms with van der Waals surface area (Å²) in [6.45, 7) is 1.15. The Bertz CT molecular complexity index is 749. The van der Waals surface area contributed by atoms with E-state index >= 15 is 0 Å². The molecule has 0 spiro atoms. The van der Waals surface area contributed by atoms with E-state index < -0.39 is 6.36 Å². The lowest BCUT2D eigenvalue weighted by atomic mass is 9.89. The minimum Gasteiger partial charge on any atom is -0.508 e. The normalized spacial score (nSPS) is 15.7. The summed E-state index contributed by atoms with van der Waals surface area (Å²) in [5, 5.41) is 9.35. The second-order valence-corrected chi connectivity index (χ2v) is 6.23. The first-order valence-electron chi connectivity index (χ1n) is 8.26. The third kappa shape index (κ3) is 4.47. The number of hydrogen-bond donors (Lipinski definition) is 1. The highest BCUT2D eigenvalue weighted by Crippen LogP contribution is 2.30. The Kier molecular flexibility index (Phi) is 5.06. The number of hydrogen-bond acceptors (Lipinski definition) is 3. The topological polar surface area (TPSA) is 49.8 Å². The van der Waals surface area contributed by atoms with Crippen molar-refractivity contribution in [2.75, 3.05) is 13.1 Å². The molecule has 2 aromatic carbocycles. The van der Waals surface area contributed by atoms with Crippen LogP contribution in [-0.4, -0.2) is 35.4 Å². The molecule has 0 aromatic heterocycles. The summed E-state index contributed by atoms with van der Waals surface area (Å²) in [5.41, 5.74) is 1.46. The van der Waals surface area contributed by atoms with Crippen LogP contribution >= 0.6 is 0 Å². The fourth-order valence-corrected chi connectivity index (χ4v) is 3.14. The number of phenols is 1. The molecule has 1 fully saturated rings. The van der Waals surface area contributed by atoms with E-state index in [0.29, 0.717) is 24.6 Å². The van der Waals surface area contributed by atoms with Gasteiger partial charge in [-0.15, -0.1) is 13.2 Å². The molecule has 0 unspecified atom stereocenters. The number of nitrogens with zero attached hydrogens (tertiary/aromatic N) is 1. The second-order valence-electron chi connectivity index (χ2n) is 6.23. The zero-order valence-corrected chi connectivity index (χ0v) is 13.9. The number of ether oxygens (including phenoxy) is 1. The van der Waals surface area contributed by atoms with Crippen LogP contribution in [0.2, 0.25) is 0 Å². The fraction of sp³-hybridized carbons (Fsp3) is 0.316. The molecule has 0 radical (unpaired) electrons. The molecule has 1 saturated heterocycles. The van der Waals surface area contributed by atoms with Gasteiger partial charge in [-0.2, -0.15) is 0 Å². The van der Waals surface area contributed by atoms with Gasteiger partial charge in [0.1, 0.15) is 11.5 Å². The Morgan fingerprint density at radius 3 is 2.12 bits per heavy atom. The molecule has 1 N–H and O–H groups in total. The summed E-state index contributed by atoms with van der Waals surface area (Å²) in [5.74, 6) is -0.00525. The number of benzene rings is 2. The SMILES string of the molecule is O=C(c1ccc(OC(F)(F)F)cc1)N1CCC(c2ccc(O)cc2)CC1. The van der Waals surface area contributed by atoms with Gasteiger partial charge in [0.25, 0.3) is 5.91 Å². The van der Waals surface area contributed by atoms with Gasteiger partial charge in [0.05, 0.1) is 0 Å². The van der Waals surface area contributed by atoms with E-state index in [1.54, 1.807) is 17.0 Å². The minimum absolute atomic E-state index is 0.201. The molecule has 1 amide bonds. The molecule has 0 bridgehead atoms. The Morgan fingerprint density at radius 2 is 1.58 bits per heavy atom. The van der Waals surface area contributed by atoms with Gasteiger partial charge in [-0.3, -0.25) is 4.79 Å². The van der Waals surface area contributed by atoms with Crippen LogP contribution in [0, 0.1) is 0 Å². The summed E-state index contributed by atoms with van der Waals surface area (Å²) in [6.07, 6.45) is -3.15. The highest BCUT2D eigenvalue weighted by Gasteiger charge is 2.31. The number of rotatable bonds is 3. The van der Waals surface area contributed by atoms with E-state index in [1.165, 1.54) is 12.1 Å². The van der Waals surface area contributed by atoms with Gasteiger partial charge in [-0.1, -0.05) is 12.1 Å². The van der Waals surface area contributed by atoms with Crippen LogP contribution in [-0.2, 0) is 0 Å². The van der Waals surface area contributed by atoms with Crippen molar-refractivity contribution in [3.8, 4) is 11.5 Å². The molecule has 138 valence electrons. The predicted molar refractivity (Wildman–Crippen MR) is 89.1 cm³/mol. The zero-order chi connectivity index (χ0) is 18.7. The van der Waals surface area contributed by atoms with Crippen molar-refractivity contribution < 1.29 is 27.8 Å². The molecule has 1 aliphatic rings. The molecular weight excluding hydrogens is 347 g/mol. The lowest BCUT2D eigenvalue weighted by molar-refractivity contribution is -0.274. The van der Waals surface area contributed by atoms with Gasteiger partial charge in [0, 0.05) is 18.7 Å². The van der Waals surface area contributed by atoms with E-state index in [1.807, 2.05) is 12.1 Å². The number of aromatic hydroxyl groups is 1. The minimum atomic E-state index is -4.75. The van der Waals surface area contributed by atoms with E-state index in [-0.39, 0.29) is 17.4 Å². The van der Waals surface area contributed by atoms with Gasteiger partial charge >= 0.3 is 6.36 Å². The summed E-state index contributed by atoms with van der Waals surface area (Å²) in [4.78, 5) is 14.2. The van der Waals surface area contributed by atoms with E-state index in [9.17, 15) is 23.1 Å². The molecule has 4 nitrogen and oxygen atoms in total. The molecule has 0 atom stereocenters. The molecular formula is C19H18F3NO3. The van der Waals surface area contributed by atoms with Crippen LogP contribution in [0.1, 0.15) is 34.7 Å². The van der Waals surface area contributed by atoms with Gasteiger partial charge in [0.2, 0.25) is 0 Å². The highest BCUT2D eigenvalue weighted by molar-refractivity contribution is 5.94. The molecule has 26 heavy (non-hydrogen) atoms. The number of amides is 1. The highest BCUT2D eigenvalue weighted by atomic mass is 19.4. The Balaban J connectivity index is 1.59. The van der Waals surface area contributed by atoms with Crippen molar-refractivity contribution in [2.45, 2.75) is 25.1 Å². The van der Waals surface area contributed by atoms with Crippen molar-refractivity contribution in [1.82, 2.24) is 4.90 Å². The number of carbonyl (C=O) groups is 1. The molecule has 1 heterocycles. The van der Waals surface area contributed by atoms with E-state index in [4.69, 9.17) is 0 Å². The molecule has 0 aliphatic carbocycles. The summed E-state index contributed by atoms with van der Waals surface area (Å²) < 4.78 is 40.3. The van der Waals surface area contributed by atoms with Crippen LogP contribution in [0.4, 0.5) is 13.2 Å². The number of halogens is 3. The largest absolute Gasteiger partial charge is 0.573 e. The quantitative estimate of drug-likeness (QED) is 0.882. The summed E-state index contributed by atoms with van der Waals surface area (Å²) in [6, 6.07) is 12.0. The lowest BCUT2D eigenvalue weighted by Crippen LogP contribution is -2.37. The molecule has 2 aromatic rings. The fourth-order valence-electron chi connectivity index (χ4n) is 3.14. The van der Waals surface area contributed by atoms with Gasteiger partial charge in [-0.05, 0) is 60.7 Å². The molecule has 3 rings (SSSR count).